The lowest BCUT2D eigenvalue weighted by Gasteiger charge is -2.32. The van der Waals surface area contributed by atoms with Crippen LogP contribution in [0.15, 0.2) is 82.7 Å². The van der Waals surface area contributed by atoms with Crippen molar-refractivity contribution in [1.29, 1.82) is 0 Å². The Morgan fingerprint density at radius 2 is 1.66 bits per heavy atom. The summed E-state index contributed by atoms with van der Waals surface area (Å²) in [5.41, 5.74) is 1.45. The zero-order valence-corrected chi connectivity index (χ0v) is 18.2. The number of piperidine rings is 1. The molecule has 4 aromatic rings. The molecule has 0 aliphatic carbocycles. The van der Waals surface area contributed by atoms with Crippen LogP contribution in [0.4, 0.5) is 8.78 Å². The number of alkyl halides is 2. The van der Waals surface area contributed by atoms with Crippen LogP contribution in [0, 0.1) is 0 Å². The average Bonchev–Trinajstić information content (AvgIpc) is 2.78. The molecular weight excluding hydrogens is 430 g/mol. The fraction of sp³-hybridized carbons (Fsp3) is 0.240. The summed E-state index contributed by atoms with van der Waals surface area (Å²) in [5.74, 6) is -2.67. The number of pyridine rings is 1. The first-order valence-corrected chi connectivity index (χ1v) is 12.0. The van der Waals surface area contributed by atoms with Crippen LogP contribution in [-0.2, 0) is 16.4 Å². The molecular formula is C25H22F2N2O2S. The maximum atomic E-state index is 13.8. The summed E-state index contributed by atoms with van der Waals surface area (Å²) >= 11 is 0. The highest BCUT2D eigenvalue weighted by Gasteiger charge is 2.35. The van der Waals surface area contributed by atoms with Crippen LogP contribution in [0.25, 0.3) is 21.7 Å². The number of likely N-dealkylation sites (tertiary alicyclic amines) is 1. The average molecular weight is 453 g/mol. The second kappa shape index (κ2) is 7.90. The first-order valence-electron chi connectivity index (χ1n) is 10.5. The van der Waals surface area contributed by atoms with E-state index in [0.29, 0.717) is 30.4 Å². The van der Waals surface area contributed by atoms with Gasteiger partial charge in [0.1, 0.15) is 0 Å². The molecule has 7 heteroatoms. The third kappa shape index (κ3) is 3.98. The zero-order chi connectivity index (χ0) is 22.3. The Kier molecular flexibility index (Phi) is 5.18. The Bertz CT molecular complexity index is 1420. The summed E-state index contributed by atoms with van der Waals surface area (Å²) < 4.78 is 54.1. The van der Waals surface area contributed by atoms with Gasteiger partial charge in [-0.3, -0.25) is 9.88 Å². The lowest BCUT2D eigenvalue weighted by atomic mass is 10.0. The number of hydrogen-bond acceptors (Lipinski definition) is 4. The summed E-state index contributed by atoms with van der Waals surface area (Å²) in [7, 11) is -3.75. The highest BCUT2D eigenvalue weighted by molar-refractivity contribution is 7.91. The maximum absolute atomic E-state index is 13.8. The minimum atomic E-state index is -3.75. The molecule has 164 valence electrons. The molecule has 1 aliphatic rings. The Labute approximate surface area is 185 Å². The molecule has 3 aromatic carbocycles. The molecule has 0 bridgehead atoms. The zero-order valence-electron chi connectivity index (χ0n) is 17.3. The van der Waals surface area contributed by atoms with E-state index < -0.39 is 15.8 Å². The molecule has 1 aliphatic heterocycles. The van der Waals surface area contributed by atoms with Gasteiger partial charge in [-0.05, 0) is 47.5 Å². The smallest absolute Gasteiger partial charge is 0.260 e. The molecule has 1 fully saturated rings. The monoisotopic (exact) mass is 452 g/mol. The van der Waals surface area contributed by atoms with Crippen LogP contribution in [0.1, 0.15) is 18.4 Å². The molecule has 0 N–H and O–H groups in total. The standard InChI is InChI=1S/C25H22F2N2O2S/c26-25(27)11-4-12-29(17-25)16-21-8-3-7-20-14-23(15-28-24(20)21)32(30,31)22-10-9-18-5-1-2-6-19(18)13-22/h1-3,5-10,13-15H,4,11-12,16-17H2. The number of benzene rings is 3. The number of fused-ring (bicyclic) bond motifs is 2. The molecule has 5 rings (SSSR count). The predicted octanol–water partition coefficient (Wildman–Crippen LogP) is 5.45. The molecule has 1 aromatic heterocycles. The van der Waals surface area contributed by atoms with E-state index in [1.54, 1.807) is 35.2 Å². The van der Waals surface area contributed by atoms with Crippen LogP contribution in [-0.4, -0.2) is 37.3 Å². The first kappa shape index (κ1) is 21.0. The molecule has 0 spiro atoms. The van der Waals surface area contributed by atoms with E-state index in [-0.39, 0.29) is 22.8 Å². The van der Waals surface area contributed by atoms with Gasteiger partial charge in [0.2, 0.25) is 9.84 Å². The van der Waals surface area contributed by atoms with Gasteiger partial charge in [-0.25, -0.2) is 17.2 Å². The van der Waals surface area contributed by atoms with Gasteiger partial charge in [-0.1, -0.05) is 48.5 Å². The van der Waals surface area contributed by atoms with Crippen molar-refractivity contribution in [3.63, 3.8) is 0 Å². The third-order valence-electron chi connectivity index (χ3n) is 5.98. The minimum absolute atomic E-state index is 0.0761. The lowest BCUT2D eigenvalue weighted by Crippen LogP contribution is -2.42. The largest absolute Gasteiger partial charge is 0.293 e. The van der Waals surface area contributed by atoms with Crippen molar-refractivity contribution in [3.05, 3.63) is 78.5 Å². The summed E-state index contributed by atoms with van der Waals surface area (Å²) in [5, 5.41) is 2.49. The number of para-hydroxylation sites is 1. The van der Waals surface area contributed by atoms with E-state index in [1.807, 2.05) is 36.4 Å². The molecule has 0 saturated carbocycles. The first-order chi connectivity index (χ1) is 15.3. The Hall–Kier alpha value is -2.90. The fourth-order valence-corrected chi connectivity index (χ4v) is 5.65. The molecule has 2 heterocycles. The van der Waals surface area contributed by atoms with Crippen molar-refractivity contribution >= 4 is 31.5 Å². The quantitative estimate of drug-likeness (QED) is 0.413. The Morgan fingerprint density at radius 3 is 2.47 bits per heavy atom. The van der Waals surface area contributed by atoms with Crippen LogP contribution in [0.3, 0.4) is 0 Å². The molecule has 0 amide bonds. The van der Waals surface area contributed by atoms with Gasteiger partial charge in [0.25, 0.3) is 5.92 Å². The van der Waals surface area contributed by atoms with E-state index >= 15 is 0 Å². The van der Waals surface area contributed by atoms with Crippen molar-refractivity contribution in [1.82, 2.24) is 9.88 Å². The van der Waals surface area contributed by atoms with Gasteiger partial charge < -0.3 is 0 Å². The normalized spacial score (nSPS) is 17.1. The van der Waals surface area contributed by atoms with Gasteiger partial charge in [-0.15, -0.1) is 0 Å². The second-order valence-corrected chi connectivity index (χ2v) is 10.3. The summed E-state index contributed by atoms with van der Waals surface area (Å²) in [6, 6.07) is 19.7. The number of nitrogens with zero attached hydrogens (tertiary/aromatic N) is 2. The molecule has 0 atom stereocenters. The van der Waals surface area contributed by atoms with E-state index in [0.717, 1.165) is 16.3 Å². The molecule has 1 saturated heterocycles. The highest BCUT2D eigenvalue weighted by atomic mass is 32.2. The lowest BCUT2D eigenvalue weighted by molar-refractivity contribution is -0.0660. The van der Waals surface area contributed by atoms with Gasteiger partial charge in [-0.2, -0.15) is 0 Å². The number of aromatic nitrogens is 1. The fourth-order valence-electron chi connectivity index (χ4n) is 4.37. The van der Waals surface area contributed by atoms with Crippen LogP contribution in [0.5, 0.6) is 0 Å². The van der Waals surface area contributed by atoms with Crippen molar-refractivity contribution in [2.75, 3.05) is 13.1 Å². The molecule has 0 radical (unpaired) electrons. The number of rotatable bonds is 4. The second-order valence-electron chi connectivity index (χ2n) is 8.34. The molecule has 4 nitrogen and oxygen atoms in total. The number of sulfone groups is 1. The van der Waals surface area contributed by atoms with Gasteiger partial charge >= 0.3 is 0 Å². The van der Waals surface area contributed by atoms with Crippen LogP contribution >= 0.6 is 0 Å². The predicted molar refractivity (Wildman–Crippen MR) is 121 cm³/mol. The van der Waals surface area contributed by atoms with Crippen molar-refractivity contribution in [2.24, 2.45) is 0 Å². The summed E-state index contributed by atoms with van der Waals surface area (Å²) in [4.78, 5) is 6.50. The SMILES string of the molecule is O=S(=O)(c1ccc2ccccc2c1)c1cnc2c(CN3CCCC(F)(F)C3)cccc2c1. The Balaban J connectivity index is 1.49. The van der Waals surface area contributed by atoms with E-state index in [1.165, 1.54) is 6.20 Å². The van der Waals surface area contributed by atoms with E-state index in [4.69, 9.17) is 0 Å². The van der Waals surface area contributed by atoms with Crippen LogP contribution < -0.4 is 0 Å². The van der Waals surface area contributed by atoms with Gasteiger partial charge in [0, 0.05) is 24.5 Å². The molecule has 32 heavy (non-hydrogen) atoms. The van der Waals surface area contributed by atoms with Crippen molar-refractivity contribution < 1.29 is 17.2 Å². The Morgan fingerprint density at radius 1 is 0.906 bits per heavy atom. The summed E-state index contributed by atoms with van der Waals surface area (Å²) in [6.45, 7) is 0.703. The van der Waals surface area contributed by atoms with Crippen molar-refractivity contribution in [3.8, 4) is 0 Å². The molecule has 0 unspecified atom stereocenters. The van der Waals surface area contributed by atoms with Crippen molar-refractivity contribution in [2.45, 2.75) is 35.1 Å². The topological polar surface area (TPSA) is 50.3 Å². The van der Waals surface area contributed by atoms with Gasteiger partial charge in [0.15, 0.2) is 0 Å². The number of hydrogen-bond donors (Lipinski definition) is 0. The van der Waals surface area contributed by atoms with E-state index in [9.17, 15) is 17.2 Å². The van der Waals surface area contributed by atoms with E-state index in [2.05, 4.69) is 4.98 Å². The number of halogens is 2. The van der Waals surface area contributed by atoms with Gasteiger partial charge in [0.05, 0.1) is 21.9 Å². The highest BCUT2D eigenvalue weighted by Crippen LogP contribution is 2.30. The van der Waals surface area contributed by atoms with Crippen LogP contribution in [0.2, 0.25) is 0 Å². The maximum Gasteiger partial charge on any atom is 0.260 e. The third-order valence-corrected chi connectivity index (χ3v) is 7.70. The minimum Gasteiger partial charge on any atom is -0.293 e. The summed E-state index contributed by atoms with van der Waals surface area (Å²) in [6.07, 6.45) is 1.74.